The zero-order valence-corrected chi connectivity index (χ0v) is 15.8. The normalized spacial score (nSPS) is 13.7. The Morgan fingerprint density at radius 1 is 1.20 bits per heavy atom. The minimum absolute atomic E-state index is 0.116. The Morgan fingerprint density at radius 3 is 2.60 bits per heavy atom. The fourth-order valence-corrected chi connectivity index (χ4v) is 3.00. The fourth-order valence-electron chi connectivity index (χ4n) is 3.00. The number of aromatic nitrogens is 3. The van der Waals surface area contributed by atoms with Crippen molar-refractivity contribution in [2.24, 2.45) is 0 Å². The first-order valence-electron chi connectivity index (χ1n) is 9.39. The molecule has 0 unspecified atom stereocenters. The van der Waals surface area contributed by atoms with Crippen molar-refractivity contribution in [1.29, 1.82) is 0 Å². The van der Waals surface area contributed by atoms with E-state index >= 15 is 0 Å². The van der Waals surface area contributed by atoms with Crippen molar-refractivity contribution in [2.45, 2.75) is 38.0 Å². The van der Waals surface area contributed by atoms with Crippen LogP contribution in [0.15, 0.2) is 36.8 Å². The number of carbonyl (C=O) groups is 1. The molecule has 3 aromatic rings. The first kappa shape index (κ1) is 19.8. The van der Waals surface area contributed by atoms with Crippen LogP contribution in [0.25, 0.3) is 11.0 Å². The molecule has 1 aliphatic carbocycles. The highest BCUT2D eigenvalue weighted by Crippen LogP contribution is 2.26. The van der Waals surface area contributed by atoms with Gasteiger partial charge in [0.1, 0.15) is 17.8 Å². The predicted octanol–water partition coefficient (Wildman–Crippen LogP) is 3.26. The van der Waals surface area contributed by atoms with Crippen LogP contribution in [0.4, 0.5) is 19.0 Å². The second-order valence-corrected chi connectivity index (χ2v) is 7.13. The lowest BCUT2D eigenvalue weighted by molar-refractivity contribution is -0.136. The first-order valence-corrected chi connectivity index (χ1v) is 9.39. The molecule has 2 heterocycles. The van der Waals surface area contributed by atoms with E-state index in [2.05, 4.69) is 27.1 Å². The smallest absolute Gasteiger partial charge is 0.383 e. The molecule has 3 N–H and O–H groups in total. The number of fused-ring (bicyclic) bond motifs is 1. The van der Waals surface area contributed by atoms with Crippen LogP contribution < -0.4 is 11.1 Å². The Labute approximate surface area is 170 Å². The van der Waals surface area contributed by atoms with Gasteiger partial charge in [-0.1, -0.05) is 11.8 Å². The molecule has 0 bridgehead atoms. The fraction of sp³-hybridized carbons (Fsp3) is 0.286. The van der Waals surface area contributed by atoms with Crippen LogP contribution >= 0.6 is 0 Å². The highest BCUT2D eigenvalue weighted by Gasteiger charge is 2.27. The van der Waals surface area contributed by atoms with E-state index in [4.69, 9.17) is 5.73 Å². The third-order valence-electron chi connectivity index (χ3n) is 4.72. The van der Waals surface area contributed by atoms with Gasteiger partial charge in [-0.05, 0) is 37.1 Å². The number of aryl methyl sites for hydroxylation is 1. The number of nitrogens with zero attached hydrogens (tertiary/aromatic N) is 3. The summed E-state index contributed by atoms with van der Waals surface area (Å²) in [5, 5.41) is 3.34. The van der Waals surface area contributed by atoms with Crippen LogP contribution in [0, 0.1) is 11.8 Å². The lowest BCUT2D eigenvalue weighted by atomic mass is 10.1. The number of hydrogen-bond donors (Lipinski definition) is 2. The standard InChI is InChI=1S/C21H18F3N5O/c22-21(23,24)9-10-29-11-15(17-18(25)26-12-27-19(17)29)6-3-13-1-4-14(5-2-13)20(30)28-16-7-8-16/h1-2,4-5,11-12,16H,7-10H2,(H,28,30)(H2,25,26,27). The van der Waals surface area contributed by atoms with Crippen molar-refractivity contribution in [3.8, 4) is 11.8 Å². The molecule has 1 fully saturated rings. The molecule has 9 heteroatoms. The predicted molar refractivity (Wildman–Crippen MR) is 106 cm³/mol. The zero-order chi connectivity index (χ0) is 21.3. The van der Waals surface area contributed by atoms with Crippen molar-refractivity contribution in [2.75, 3.05) is 5.73 Å². The van der Waals surface area contributed by atoms with Gasteiger partial charge in [-0.2, -0.15) is 13.2 Å². The largest absolute Gasteiger partial charge is 0.390 e. The number of hydrogen-bond acceptors (Lipinski definition) is 4. The third kappa shape index (κ3) is 4.54. The lowest BCUT2D eigenvalue weighted by Gasteiger charge is -2.07. The van der Waals surface area contributed by atoms with Gasteiger partial charge in [0, 0.05) is 29.9 Å². The quantitative estimate of drug-likeness (QED) is 0.643. The van der Waals surface area contributed by atoms with E-state index in [9.17, 15) is 18.0 Å². The van der Waals surface area contributed by atoms with Gasteiger partial charge in [0.25, 0.3) is 5.91 Å². The summed E-state index contributed by atoms with van der Waals surface area (Å²) < 4.78 is 39.3. The number of benzene rings is 1. The molecule has 1 saturated carbocycles. The van der Waals surface area contributed by atoms with E-state index in [-0.39, 0.29) is 24.3 Å². The van der Waals surface area contributed by atoms with Gasteiger partial charge in [-0.25, -0.2) is 9.97 Å². The van der Waals surface area contributed by atoms with Gasteiger partial charge >= 0.3 is 6.18 Å². The minimum Gasteiger partial charge on any atom is -0.383 e. The summed E-state index contributed by atoms with van der Waals surface area (Å²) in [7, 11) is 0. The molecule has 4 rings (SSSR count). The van der Waals surface area contributed by atoms with Crippen molar-refractivity contribution >= 4 is 22.8 Å². The molecule has 154 valence electrons. The molecular formula is C21H18F3N5O. The summed E-state index contributed by atoms with van der Waals surface area (Å²) in [5.74, 6) is 5.94. The van der Waals surface area contributed by atoms with Crippen molar-refractivity contribution in [3.63, 3.8) is 0 Å². The maximum Gasteiger partial charge on any atom is 0.390 e. The van der Waals surface area contributed by atoms with E-state index in [1.165, 1.54) is 17.1 Å². The van der Waals surface area contributed by atoms with Gasteiger partial charge in [-0.3, -0.25) is 4.79 Å². The highest BCUT2D eigenvalue weighted by molar-refractivity contribution is 5.95. The summed E-state index contributed by atoms with van der Waals surface area (Å²) in [6.07, 6.45) is -0.528. The molecule has 1 aliphatic rings. The summed E-state index contributed by atoms with van der Waals surface area (Å²) in [5.41, 5.74) is 7.88. The van der Waals surface area contributed by atoms with Crippen molar-refractivity contribution in [1.82, 2.24) is 19.9 Å². The maximum absolute atomic E-state index is 12.6. The monoisotopic (exact) mass is 413 g/mol. The number of amides is 1. The van der Waals surface area contributed by atoms with Gasteiger partial charge in [0.2, 0.25) is 0 Å². The molecule has 6 nitrogen and oxygen atoms in total. The summed E-state index contributed by atoms with van der Waals surface area (Å²) in [6, 6.07) is 7.09. The Kier molecular flexibility index (Phi) is 5.08. The highest BCUT2D eigenvalue weighted by atomic mass is 19.4. The van der Waals surface area contributed by atoms with E-state index < -0.39 is 12.6 Å². The van der Waals surface area contributed by atoms with Crippen LogP contribution in [0.5, 0.6) is 0 Å². The van der Waals surface area contributed by atoms with Crippen molar-refractivity contribution in [3.05, 3.63) is 53.5 Å². The number of nitrogens with one attached hydrogen (secondary N) is 1. The van der Waals surface area contributed by atoms with E-state index in [1.807, 2.05) is 0 Å². The Balaban J connectivity index is 1.59. The number of carbonyl (C=O) groups excluding carboxylic acids is 1. The first-order chi connectivity index (χ1) is 14.3. The molecule has 1 aromatic carbocycles. The second kappa shape index (κ2) is 7.71. The average molecular weight is 413 g/mol. The molecular weight excluding hydrogens is 395 g/mol. The Hall–Kier alpha value is -3.54. The zero-order valence-electron chi connectivity index (χ0n) is 15.8. The molecule has 0 atom stereocenters. The number of halogens is 3. The minimum atomic E-state index is -4.28. The van der Waals surface area contributed by atoms with Crippen LogP contribution in [0.1, 0.15) is 40.7 Å². The van der Waals surface area contributed by atoms with Crippen LogP contribution in [0.3, 0.4) is 0 Å². The molecule has 0 spiro atoms. The van der Waals surface area contributed by atoms with E-state index in [1.54, 1.807) is 24.3 Å². The van der Waals surface area contributed by atoms with Crippen LogP contribution in [-0.2, 0) is 6.54 Å². The third-order valence-corrected chi connectivity index (χ3v) is 4.72. The van der Waals surface area contributed by atoms with Gasteiger partial charge in [0.15, 0.2) is 0 Å². The van der Waals surface area contributed by atoms with E-state index in [0.29, 0.717) is 27.7 Å². The number of nitrogens with two attached hydrogens (primary N) is 1. The summed E-state index contributed by atoms with van der Waals surface area (Å²) in [4.78, 5) is 20.0. The Bertz CT molecular complexity index is 1150. The lowest BCUT2D eigenvalue weighted by Crippen LogP contribution is -2.25. The van der Waals surface area contributed by atoms with Crippen molar-refractivity contribution < 1.29 is 18.0 Å². The summed E-state index contributed by atoms with van der Waals surface area (Å²) >= 11 is 0. The number of nitrogen functional groups attached to an aromatic ring is 1. The molecule has 30 heavy (non-hydrogen) atoms. The van der Waals surface area contributed by atoms with Crippen LogP contribution in [-0.4, -0.2) is 32.7 Å². The van der Waals surface area contributed by atoms with Gasteiger partial charge in [0.05, 0.1) is 17.4 Å². The SMILES string of the molecule is Nc1ncnc2c1c(C#Cc1ccc(C(=O)NC3CC3)cc1)cn2CCC(F)(F)F. The second-order valence-electron chi connectivity index (χ2n) is 7.13. The topological polar surface area (TPSA) is 85.8 Å². The molecule has 0 saturated heterocycles. The van der Waals surface area contributed by atoms with Gasteiger partial charge in [-0.15, -0.1) is 0 Å². The molecule has 0 radical (unpaired) electrons. The summed E-state index contributed by atoms with van der Waals surface area (Å²) in [6.45, 7) is -0.289. The number of rotatable bonds is 4. The Morgan fingerprint density at radius 2 is 1.93 bits per heavy atom. The van der Waals surface area contributed by atoms with E-state index in [0.717, 1.165) is 12.8 Å². The van der Waals surface area contributed by atoms with Gasteiger partial charge < -0.3 is 15.6 Å². The maximum atomic E-state index is 12.6. The average Bonchev–Trinajstić information content (AvgIpc) is 3.44. The molecule has 0 aliphatic heterocycles. The van der Waals surface area contributed by atoms with Crippen LogP contribution in [0.2, 0.25) is 0 Å². The molecule has 2 aromatic heterocycles. The molecule has 1 amide bonds. The number of anilines is 1. The number of alkyl halides is 3.